The monoisotopic (exact) mass is 490 g/mol. The SMILES string of the molecule is c1cc[c]([Bi]([c]2ccccc2)[c]2ccc3cccc-3cc2)cc1. The average molecular weight is 490 g/mol. The molecule has 2 aromatic carbocycles. The Morgan fingerprint density at radius 3 is 1.26 bits per heavy atom. The summed E-state index contributed by atoms with van der Waals surface area (Å²) in [5, 5.41) is 0. The minimum absolute atomic E-state index is 1.32. The van der Waals surface area contributed by atoms with Crippen molar-refractivity contribution in [1.82, 2.24) is 0 Å². The first-order valence-corrected chi connectivity index (χ1v) is 13.0. The van der Waals surface area contributed by atoms with Crippen LogP contribution in [0, 0.1) is 0 Å². The van der Waals surface area contributed by atoms with Gasteiger partial charge >= 0.3 is 146 Å². The van der Waals surface area contributed by atoms with Gasteiger partial charge in [-0.15, -0.1) is 0 Å². The van der Waals surface area contributed by atoms with Crippen molar-refractivity contribution in [1.29, 1.82) is 0 Å². The Morgan fingerprint density at radius 2 is 0.783 bits per heavy atom. The van der Waals surface area contributed by atoms with Crippen LogP contribution >= 0.6 is 0 Å². The average Bonchev–Trinajstić information content (AvgIpc) is 2.98. The molecule has 0 atom stereocenters. The van der Waals surface area contributed by atoms with Crippen molar-refractivity contribution in [2.24, 2.45) is 0 Å². The summed E-state index contributed by atoms with van der Waals surface area (Å²) in [5.41, 5.74) is 2.64. The fourth-order valence-corrected chi connectivity index (χ4v) is 11.8. The van der Waals surface area contributed by atoms with Crippen LogP contribution in [-0.4, -0.2) is 21.8 Å². The van der Waals surface area contributed by atoms with E-state index in [-0.39, 0.29) is 0 Å². The van der Waals surface area contributed by atoms with Gasteiger partial charge in [0.15, 0.2) is 0 Å². The van der Waals surface area contributed by atoms with Crippen LogP contribution in [0.1, 0.15) is 0 Å². The first-order chi connectivity index (χ1) is 11.4. The Labute approximate surface area is 145 Å². The van der Waals surface area contributed by atoms with Gasteiger partial charge < -0.3 is 0 Å². The molecule has 0 aromatic heterocycles. The van der Waals surface area contributed by atoms with Crippen molar-refractivity contribution in [2.75, 3.05) is 0 Å². The quantitative estimate of drug-likeness (QED) is 0.387. The topological polar surface area (TPSA) is 0 Å². The van der Waals surface area contributed by atoms with Gasteiger partial charge in [-0.25, -0.2) is 0 Å². The van der Waals surface area contributed by atoms with Gasteiger partial charge in [0, 0.05) is 0 Å². The summed E-state index contributed by atoms with van der Waals surface area (Å²) in [7, 11) is 0. The van der Waals surface area contributed by atoms with Crippen LogP contribution in [-0.2, 0) is 0 Å². The zero-order valence-electron chi connectivity index (χ0n) is 12.8. The Morgan fingerprint density at radius 1 is 0.348 bits per heavy atom. The van der Waals surface area contributed by atoms with Gasteiger partial charge in [0.1, 0.15) is 0 Å². The van der Waals surface area contributed by atoms with Crippen molar-refractivity contribution < 1.29 is 0 Å². The molecule has 1 heteroatoms. The van der Waals surface area contributed by atoms with Gasteiger partial charge in [-0.3, -0.25) is 0 Å². The Hall–Kier alpha value is -1.98. The minimum atomic E-state index is -2.21. The first-order valence-electron chi connectivity index (χ1n) is 7.81. The zero-order valence-corrected chi connectivity index (χ0v) is 16.2. The molecule has 2 aromatic rings. The molecule has 0 saturated heterocycles. The van der Waals surface area contributed by atoms with E-state index in [1.54, 1.807) is 0 Å². The first kappa shape index (κ1) is 14.6. The molecule has 0 N–H and O–H groups in total. The summed E-state index contributed by atoms with van der Waals surface area (Å²) in [5.74, 6) is 0. The van der Waals surface area contributed by atoms with E-state index in [2.05, 4.69) is 103 Å². The van der Waals surface area contributed by atoms with Gasteiger partial charge in [-0.1, -0.05) is 0 Å². The molecule has 0 heterocycles. The van der Waals surface area contributed by atoms with Gasteiger partial charge in [-0.2, -0.15) is 0 Å². The van der Waals surface area contributed by atoms with E-state index in [4.69, 9.17) is 0 Å². The second-order valence-corrected chi connectivity index (χ2v) is 14.2. The van der Waals surface area contributed by atoms with Crippen LogP contribution in [0.15, 0.2) is 103 Å². The maximum atomic E-state index is 2.35. The van der Waals surface area contributed by atoms with Crippen molar-refractivity contribution in [3.8, 4) is 11.1 Å². The van der Waals surface area contributed by atoms with Gasteiger partial charge in [0.05, 0.1) is 0 Å². The van der Waals surface area contributed by atoms with Crippen LogP contribution in [0.4, 0.5) is 0 Å². The standard InChI is InChI=1S/C10H7.2C6H5.Bi/c1-2-5-9-7-4-8-10(9)6-3-1;2*1-2-4-6-5-3-1;/h2-8H;2*1-5H;. The Bertz CT molecular complexity index is 798. The predicted molar refractivity (Wildman–Crippen MR) is 101 cm³/mol. The third kappa shape index (κ3) is 3.07. The molecular formula is C22H17Bi. The van der Waals surface area contributed by atoms with E-state index in [0.717, 1.165) is 0 Å². The molecule has 0 fully saturated rings. The molecule has 0 nitrogen and oxygen atoms in total. The maximum absolute atomic E-state index is 2.35. The van der Waals surface area contributed by atoms with Crippen molar-refractivity contribution in [2.45, 2.75) is 0 Å². The van der Waals surface area contributed by atoms with Crippen LogP contribution in [0.2, 0.25) is 0 Å². The second-order valence-electron chi connectivity index (χ2n) is 5.53. The molecule has 0 spiro atoms. The molecule has 0 aliphatic heterocycles. The normalized spacial score (nSPS) is 11.0. The molecule has 2 aliphatic rings. The number of fused-ring (bicyclic) bond motifs is 1. The summed E-state index contributed by atoms with van der Waals surface area (Å²) in [6, 6.07) is 37.8. The van der Waals surface area contributed by atoms with E-state index in [0.29, 0.717) is 0 Å². The van der Waals surface area contributed by atoms with Crippen LogP contribution in [0.3, 0.4) is 0 Å². The molecule has 2 aliphatic carbocycles. The summed E-state index contributed by atoms with van der Waals surface area (Å²) < 4.78 is 4.58. The number of hydrogen-bond donors (Lipinski definition) is 0. The molecular weight excluding hydrogens is 473 g/mol. The molecule has 23 heavy (non-hydrogen) atoms. The number of hydrogen-bond acceptors (Lipinski definition) is 0. The molecule has 4 rings (SSSR count). The van der Waals surface area contributed by atoms with E-state index >= 15 is 0 Å². The van der Waals surface area contributed by atoms with E-state index in [1.165, 1.54) is 20.9 Å². The number of rotatable bonds is 3. The zero-order chi connectivity index (χ0) is 15.5. The van der Waals surface area contributed by atoms with E-state index < -0.39 is 21.8 Å². The van der Waals surface area contributed by atoms with Gasteiger partial charge in [0.25, 0.3) is 0 Å². The third-order valence-corrected chi connectivity index (χ3v) is 13.5. The Kier molecular flexibility index (Phi) is 4.22. The fraction of sp³-hybridized carbons (Fsp3) is 0. The van der Waals surface area contributed by atoms with Crippen LogP contribution < -0.4 is 9.81 Å². The van der Waals surface area contributed by atoms with Crippen molar-refractivity contribution in [3.63, 3.8) is 0 Å². The second kappa shape index (κ2) is 6.64. The van der Waals surface area contributed by atoms with Crippen molar-refractivity contribution >= 4 is 31.6 Å². The number of benzene rings is 2. The fourth-order valence-electron chi connectivity index (χ4n) is 2.91. The predicted octanol–water partition coefficient (Wildman–Crippen LogP) is 3.31. The van der Waals surface area contributed by atoms with Crippen molar-refractivity contribution in [3.05, 3.63) is 103 Å². The third-order valence-electron chi connectivity index (χ3n) is 4.04. The summed E-state index contributed by atoms with van der Waals surface area (Å²) in [6.07, 6.45) is 0. The molecule has 0 amide bonds. The van der Waals surface area contributed by atoms with Gasteiger partial charge in [-0.05, 0) is 0 Å². The van der Waals surface area contributed by atoms with Crippen LogP contribution in [0.5, 0.6) is 0 Å². The molecule has 0 saturated carbocycles. The molecule has 110 valence electrons. The van der Waals surface area contributed by atoms with E-state index in [1.807, 2.05) is 0 Å². The molecule has 0 bridgehead atoms. The molecule has 0 unspecified atom stereocenters. The summed E-state index contributed by atoms with van der Waals surface area (Å²) >= 11 is -2.21. The summed E-state index contributed by atoms with van der Waals surface area (Å²) in [6.45, 7) is 0. The van der Waals surface area contributed by atoms with E-state index in [9.17, 15) is 0 Å². The summed E-state index contributed by atoms with van der Waals surface area (Å²) in [4.78, 5) is 0. The van der Waals surface area contributed by atoms with Crippen LogP contribution in [0.25, 0.3) is 11.1 Å². The Balaban J connectivity index is 1.89. The molecule has 0 radical (unpaired) electrons. The van der Waals surface area contributed by atoms with Gasteiger partial charge in [0.2, 0.25) is 0 Å².